The Bertz CT molecular complexity index is 548. The molecule has 0 spiro atoms. The van der Waals surface area contributed by atoms with Gasteiger partial charge in [0.15, 0.2) is 0 Å². The van der Waals surface area contributed by atoms with E-state index in [1.165, 1.54) is 17.0 Å². The fourth-order valence-electron chi connectivity index (χ4n) is 2.43. The van der Waals surface area contributed by atoms with Crippen molar-refractivity contribution < 1.29 is 14.0 Å². The topological polar surface area (TPSA) is 61.4 Å². The van der Waals surface area contributed by atoms with Gasteiger partial charge in [-0.15, -0.1) is 0 Å². The SMILES string of the molecule is CCNC(=O)C1CNCCN1C(=O)c1cc(C)ccc1F. The Labute approximate surface area is 123 Å². The molecule has 0 saturated carbocycles. The Morgan fingerprint density at radius 3 is 2.95 bits per heavy atom. The zero-order chi connectivity index (χ0) is 15.4. The number of likely N-dealkylation sites (N-methyl/N-ethyl adjacent to an activating group) is 1. The van der Waals surface area contributed by atoms with Crippen LogP contribution in [0, 0.1) is 12.7 Å². The van der Waals surface area contributed by atoms with Crippen LogP contribution >= 0.6 is 0 Å². The second kappa shape index (κ2) is 6.67. The third-order valence-electron chi connectivity index (χ3n) is 3.51. The second-order valence-electron chi connectivity index (χ2n) is 5.10. The summed E-state index contributed by atoms with van der Waals surface area (Å²) < 4.78 is 13.9. The molecular weight excluding hydrogens is 273 g/mol. The van der Waals surface area contributed by atoms with Crippen LogP contribution < -0.4 is 10.6 Å². The van der Waals surface area contributed by atoms with Gasteiger partial charge in [0.05, 0.1) is 5.56 Å². The first-order valence-electron chi connectivity index (χ1n) is 7.10. The van der Waals surface area contributed by atoms with Gasteiger partial charge in [0.25, 0.3) is 5.91 Å². The Balaban J connectivity index is 2.26. The van der Waals surface area contributed by atoms with Crippen molar-refractivity contribution in [2.75, 3.05) is 26.2 Å². The lowest BCUT2D eigenvalue weighted by atomic mass is 10.1. The number of nitrogens with one attached hydrogen (secondary N) is 2. The average Bonchev–Trinajstić information content (AvgIpc) is 2.49. The van der Waals surface area contributed by atoms with Crippen molar-refractivity contribution >= 4 is 11.8 Å². The molecule has 0 bridgehead atoms. The number of carbonyl (C=O) groups excluding carboxylic acids is 2. The quantitative estimate of drug-likeness (QED) is 0.862. The maximum atomic E-state index is 13.9. The largest absolute Gasteiger partial charge is 0.355 e. The first-order valence-corrected chi connectivity index (χ1v) is 7.10. The predicted molar refractivity (Wildman–Crippen MR) is 77.5 cm³/mol. The number of hydrogen-bond donors (Lipinski definition) is 2. The van der Waals surface area contributed by atoms with Gasteiger partial charge in [-0.2, -0.15) is 0 Å². The number of aryl methyl sites for hydroxylation is 1. The van der Waals surface area contributed by atoms with E-state index in [0.29, 0.717) is 26.2 Å². The molecule has 2 rings (SSSR count). The van der Waals surface area contributed by atoms with Gasteiger partial charge in [0, 0.05) is 26.2 Å². The van der Waals surface area contributed by atoms with Crippen molar-refractivity contribution in [3.63, 3.8) is 0 Å². The van der Waals surface area contributed by atoms with E-state index in [-0.39, 0.29) is 11.5 Å². The van der Waals surface area contributed by atoms with Crippen molar-refractivity contribution in [3.8, 4) is 0 Å². The van der Waals surface area contributed by atoms with Gasteiger partial charge < -0.3 is 15.5 Å². The summed E-state index contributed by atoms with van der Waals surface area (Å²) in [6.07, 6.45) is 0. The minimum atomic E-state index is -0.605. The molecule has 2 N–H and O–H groups in total. The number of piperazine rings is 1. The summed E-state index contributed by atoms with van der Waals surface area (Å²) in [5.74, 6) is -1.21. The molecular formula is C15H20FN3O2. The van der Waals surface area contributed by atoms with Gasteiger partial charge in [-0.3, -0.25) is 9.59 Å². The van der Waals surface area contributed by atoms with Gasteiger partial charge in [0.1, 0.15) is 11.9 Å². The number of rotatable bonds is 3. The van der Waals surface area contributed by atoms with Gasteiger partial charge in [-0.05, 0) is 26.0 Å². The molecule has 1 aromatic carbocycles. The molecule has 6 heteroatoms. The number of amides is 2. The highest BCUT2D eigenvalue weighted by Crippen LogP contribution is 2.16. The molecule has 0 aromatic heterocycles. The van der Waals surface area contributed by atoms with Crippen LogP contribution in [-0.4, -0.2) is 48.9 Å². The number of halogens is 1. The number of hydrogen-bond acceptors (Lipinski definition) is 3. The van der Waals surface area contributed by atoms with Crippen molar-refractivity contribution in [2.45, 2.75) is 19.9 Å². The zero-order valence-electron chi connectivity index (χ0n) is 12.3. The van der Waals surface area contributed by atoms with Crippen LogP contribution in [0.1, 0.15) is 22.8 Å². The summed E-state index contributed by atoms with van der Waals surface area (Å²) in [6.45, 7) is 5.47. The van der Waals surface area contributed by atoms with E-state index in [2.05, 4.69) is 10.6 Å². The highest BCUT2D eigenvalue weighted by Gasteiger charge is 2.33. The fourth-order valence-corrected chi connectivity index (χ4v) is 2.43. The van der Waals surface area contributed by atoms with E-state index >= 15 is 0 Å². The summed E-state index contributed by atoms with van der Waals surface area (Å²) in [5.41, 5.74) is 0.829. The van der Waals surface area contributed by atoms with E-state index < -0.39 is 17.8 Å². The highest BCUT2D eigenvalue weighted by atomic mass is 19.1. The summed E-state index contributed by atoms with van der Waals surface area (Å²) in [6, 6.07) is 3.82. The van der Waals surface area contributed by atoms with E-state index in [4.69, 9.17) is 0 Å². The molecule has 21 heavy (non-hydrogen) atoms. The first-order chi connectivity index (χ1) is 10.0. The molecule has 1 fully saturated rings. The first kappa shape index (κ1) is 15.4. The fraction of sp³-hybridized carbons (Fsp3) is 0.467. The number of benzene rings is 1. The van der Waals surface area contributed by atoms with E-state index in [1.807, 2.05) is 6.92 Å². The molecule has 0 aliphatic carbocycles. The minimum absolute atomic E-state index is 0.0196. The Kier molecular flexibility index (Phi) is 4.90. The lowest BCUT2D eigenvalue weighted by Crippen LogP contribution is -2.59. The molecule has 1 heterocycles. The highest BCUT2D eigenvalue weighted by molar-refractivity contribution is 5.98. The summed E-state index contributed by atoms with van der Waals surface area (Å²) in [4.78, 5) is 26.1. The standard InChI is InChI=1S/C15H20FN3O2/c1-3-18-14(20)13-9-17-6-7-19(13)15(21)11-8-10(2)4-5-12(11)16/h4-5,8,13,17H,3,6-7,9H2,1-2H3,(H,18,20). The molecule has 1 atom stereocenters. The molecule has 1 aliphatic rings. The maximum Gasteiger partial charge on any atom is 0.257 e. The van der Waals surface area contributed by atoms with Crippen molar-refractivity contribution in [3.05, 3.63) is 35.1 Å². The van der Waals surface area contributed by atoms with Crippen LogP contribution in [0.3, 0.4) is 0 Å². The van der Waals surface area contributed by atoms with E-state index in [0.717, 1.165) is 5.56 Å². The molecule has 1 saturated heterocycles. The van der Waals surface area contributed by atoms with Crippen molar-refractivity contribution in [1.82, 2.24) is 15.5 Å². The molecule has 0 radical (unpaired) electrons. The zero-order valence-corrected chi connectivity index (χ0v) is 12.3. The van der Waals surface area contributed by atoms with Gasteiger partial charge in [-0.25, -0.2) is 4.39 Å². The molecule has 1 aromatic rings. The van der Waals surface area contributed by atoms with Crippen LogP contribution in [-0.2, 0) is 4.79 Å². The minimum Gasteiger partial charge on any atom is -0.355 e. The predicted octanol–water partition coefficient (Wildman–Crippen LogP) is 0.684. The summed E-state index contributed by atoms with van der Waals surface area (Å²) in [7, 11) is 0. The van der Waals surface area contributed by atoms with Crippen LogP contribution in [0.4, 0.5) is 4.39 Å². The van der Waals surface area contributed by atoms with Crippen molar-refractivity contribution in [1.29, 1.82) is 0 Å². The van der Waals surface area contributed by atoms with Crippen LogP contribution in [0.2, 0.25) is 0 Å². The Morgan fingerprint density at radius 2 is 2.24 bits per heavy atom. The second-order valence-corrected chi connectivity index (χ2v) is 5.10. The Hall–Kier alpha value is -1.95. The molecule has 114 valence electrons. The molecule has 1 aliphatic heterocycles. The number of nitrogens with zero attached hydrogens (tertiary/aromatic N) is 1. The molecule has 2 amide bonds. The average molecular weight is 293 g/mol. The molecule has 1 unspecified atom stereocenters. The lowest BCUT2D eigenvalue weighted by molar-refractivity contribution is -0.126. The van der Waals surface area contributed by atoms with Crippen LogP contribution in [0.5, 0.6) is 0 Å². The molecule has 5 nitrogen and oxygen atoms in total. The third kappa shape index (κ3) is 3.39. The van der Waals surface area contributed by atoms with E-state index in [9.17, 15) is 14.0 Å². The van der Waals surface area contributed by atoms with Gasteiger partial charge in [0.2, 0.25) is 5.91 Å². The normalized spacial score (nSPS) is 18.4. The van der Waals surface area contributed by atoms with E-state index in [1.54, 1.807) is 13.0 Å². The summed E-state index contributed by atoms with van der Waals surface area (Å²) >= 11 is 0. The third-order valence-corrected chi connectivity index (χ3v) is 3.51. The monoisotopic (exact) mass is 293 g/mol. The smallest absolute Gasteiger partial charge is 0.257 e. The maximum absolute atomic E-state index is 13.9. The lowest BCUT2D eigenvalue weighted by Gasteiger charge is -2.35. The Morgan fingerprint density at radius 1 is 1.48 bits per heavy atom. The van der Waals surface area contributed by atoms with Gasteiger partial charge in [-0.1, -0.05) is 11.6 Å². The van der Waals surface area contributed by atoms with Crippen LogP contribution in [0.25, 0.3) is 0 Å². The summed E-state index contributed by atoms with van der Waals surface area (Å²) in [5, 5.41) is 5.80. The van der Waals surface area contributed by atoms with Crippen LogP contribution in [0.15, 0.2) is 18.2 Å². The van der Waals surface area contributed by atoms with Gasteiger partial charge >= 0.3 is 0 Å². The van der Waals surface area contributed by atoms with Crippen molar-refractivity contribution in [2.24, 2.45) is 0 Å². The number of carbonyl (C=O) groups is 2.